The summed E-state index contributed by atoms with van der Waals surface area (Å²) in [5.74, 6) is 0. The molecule has 0 radical (unpaired) electrons. The number of hydrogen-bond acceptors (Lipinski definition) is 4. The number of rotatable bonds is 5. The van der Waals surface area contributed by atoms with Gasteiger partial charge in [-0.05, 0) is 18.2 Å². The van der Waals surface area contributed by atoms with Gasteiger partial charge >= 0.3 is 21.2 Å². The molecule has 6 heteroatoms. The summed E-state index contributed by atoms with van der Waals surface area (Å²) in [5.41, 5.74) is 0.901. The zero-order valence-corrected chi connectivity index (χ0v) is 12.6. The Balaban J connectivity index is 2.19. The summed E-state index contributed by atoms with van der Waals surface area (Å²) in [6.45, 7) is -0.0931. The molecule has 0 aliphatic heterocycles. The fourth-order valence-corrected chi connectivity index (χ4v) is 3.98. The number of aliphatic imine (C=N–C) groups is 1. The summed E-state index contributed by atoms with van der Waals surface area (Å²) in [6.07, 6.45) is 1.44. The highest BCUT2D eigenvalue weighted by molar-refractivity contribution is 5.63. The molecule has 1 N–H and O–H groups in total. The standard InChI is InChI=1S/C14H12IN2O3/c18-8-7-16-13-5-1-3-11(9-13)15-12-4-2-6-14(10-12)17(19)20/h1-7,9-10,18H,8H2/q+1. The average molecular weight is 383 g/mol. The lowest BCUT2D eigenvalue weighted by Gasteiger charge is -1.92. The molecule has 0 amide bonds. The van der Waals surface area contributed by atoms with E-state index in [2.05, 4.69) is 4.99 Å². The Labute approximate surface area is 126 Å². The molecule has 0 aliphatic carbocycles. The molecule has 0 spiro atoms. The lowest BCUT2D eigenvalue weighted by Crippen LogP contribution is -3.61. The summed E-state index contributed by atoms with van der Waals surface area (Å²) in [5, 5.41) is 19.5. The Morgan fingerprint density at radius 3 is 2.60 bits per heavy atom. The quantitative estimate of drug-likeness (QED) is 0.325. The maximum Gasteiger partial charge on any atom is 0.358 e. The Morgan fingerprint density at radius 2 is 1.90 bits per heavy atom. The van der Waals surface area contributed by atoms with Crippen LogP contribution in [0.5, 0.6) is 0 Å². The minimum absolute atomic E-state index is 0.0931. The molecule has 0 fully saturated rings. The molecule has 0 aliphatic rings. The third-order valence-corrected chi connectivity index (χ3v) is 4.96. The van der Waals surface area contributed by atoms with Gasteiger partial charge in [0.05, 0.1) is 23.3 Å². The van der Waals surface area contributed by atoms with E-state index in [1.54, 1.807) is 12.1 Å². The molecule has 0 atom stereocenters. The van der Waals surface area contributed by atoms with Gasteiger partial charge in [0.25, 0.3) is 5.69 Å². The predicted octanol–water partition coefficient (Wildman–Crippen LogP) is -0.582. The van der Waals surface area contributed by atoms with E-state index < -0.39 is 21.2 Å². The summed E-state index contributed by atoms with van der Waals surface area (Å²) >= 11 is -0.487. The lowest BCUT2D eigenvalue weighted by atomic mass is 10.3. The van der Waals surface area contributed by atoms with E-state index >= 15 is 0 Å². The van der Waals surface area contributed by atoms with Crippen LogP contribution in [0.3, 0.4) is 0 Å². The van der Waals surface area contributed by atoms with Crippen molar-refractivity contribution in [3.05, 3.63) is 65.8 Å². The van der Waals surface area contributed by atoms with Gasteiger partial charge in [-0.25, -0.2) is 0 Å². The van der Waals surface area contributed by atoms with Gasteiger partial charge in [0.15, 0.2) is 3.57 Å². The molecule has 0 bridgehead atoms. The molecular formula is C14H12IN2O3+. The van der Waals surface area contributed by atoms with E-state index in [9.17, 15) is 10.1 Å². The minimum atomic E-state index is -0.487. The van der Waals surface area contributed by atoms with Crippen molar-refractivity contribution in [3.8, 4) is 0 Å². The van der Waals surface area contributed by atoms with Gasteiger partial charge in [0, 0.05) is 18.3 Å². The van der Waals surface area contributed by atoms with Gasteiger partial charge in [0.1, 0.15) is 0 Å². The largest absolute Gasteiger partial charge is 0.391 e. The number of nitro benzene ring substituents is 1. The highest BCUT2D eigenvalue weighted by atomic mass is 127. The smallest absolute Gasteiger partial charge is 0.358 e. The molecule has 5 nitrogen and oxygen atoms in total. The van der Waals surface area contributed by atoms with Crippen LogP contribution in [0.1, 0.15) is 0 Å². The number of non-ortho nitro benzene ring substituents is 1. The van der Waals surface area contributed by atoms with Crippen molar-refractivity contribution in [1.29, 1.82) is 0 Å². The van der Waals surface area contributed by atoms with Crippen LogP contribution < -0.4 is 21.2 Å². The van der Waals surface area contributed by atoms with Crippen molar-refractivity contribution in [3.63, 3.8) is 0 Å². The van der Waals surface area contributed by atoms with Gasteiger partial charge < -0.3 is 5.11 Å². The number of aliphatic hydroxyl groups excluding tert-OH is 1. The molecule has 2 rings (SSSR count). The van der Waals surface area contributed by atoms with Crippen molar-refractivity contribution in [1.82, 2.24) is 0 Å². The third-order valence-electron chi connectivity index (χ3n) is 2.37. The normalized spacial score (nSPS) is 10.8. The highest BCUT2D eigenvalue weighted by Gasteiger charge is 2.19. The Kier molecular flexibility index (Phi) is 5.19. The number of aliphatic hydroxyl groups is 1. The molecule has 0 saturated carbocycles. The number of hydrogen-bond donors (Lipinski definition) is 1. The SMILES string of the molecule is O=[N+]([O-])c1cccc([I+]c2cccc(N=CCO)c2)c1. The maximum atomic E-state index is 10.8. The van der Waals surface area contributed by atoms with Crippen molar-refractivity contribution < 1.29 is 31.2 Å². The number of nitro groups is 1. The molecule has 0 saturated heterocycles. The molecule has 2 aromatic rings. The van der Waals surface area contributed by atoms with E-state index in [4.69, 9.17) is 5.11 Å². The number of halogens is 1. The van der Waals surface area contributed by atoms with Crippen LogP contribution in [0.15, 0.2) is 53.5 Å². The van der Waals surface area contributed by atoms with Crippen molar-refractivity contribution in [2.24, 2.45) is 4.99 Å². The summed E-state index contributed by atoms with van der Waals surface area (Å²) in [6, 6.07) is 14.4. The van der Waals surface area contributed by atoms with E-state index in [-0.39, 0.29) is 17.2 Å². The molecule has 2 aromatic carbocycles. The third kappa shape index (κ3) is 4.10. The molecule has 102 valence electrons. The van der Waals surface area contributed by atoms with Crippen LogP contribution in [-0.4, -0.2) is 22.9 Å². The van der Waals surface area contributed by atoms with Crippen LogP contribution in [0.4, 0.5) is 11.4 Å². The molecule has 20 heavy (non-hydrogen) atoms. The minimum Gasteiger partial charge on any atom is -0.391 e. The van der Waals surface area contributed by atoms with Crippen LogP contribution in [0, 0.1) is 17.3 Å². The highest BCUT2D eigenvalue weighted by Crippen LogP contribution is 2.09. The fourth-order valence-electron chi connectivity index (χ4n) is 1.54. The van der Waals surface area contributed by atoms with Crippen LogP contribution >= 0.6 is 0 Å². The van der Waals surface area contributed by atoms with Gasteiger partial charge in [0.2, 0.25) is 3.57 Å². The summed E-state index contributed by atoms with van der Waals surface area (Å²) in [7, 11) is 0. The van der Waals surface area contributed by atoms with Gasteiger partial charge in [-0.3, -0.25) is 15.1 Å². The Bertz CT molecular complexity index is 644. The zero-order valence-electron chi connectivity index (χ0n) is 10.4. The van der Waals surface area contributed by atoms with Crippen molar-refractivity contribution in [2.45, 2.75) is 0 Å². The number of nitrogens with zero attached hydrogens (tertiary/aromatic N) is 2. The number of benzene rings is 2. The second-order valence-electron chi connectivity index (χ2n) is 3.81. The van der Waals surface area contributed by atoms with Crippen LogP contribution in [0.2, 0.25) is 0 Å². The van der Waals surface area contributed by atoms with E-state index in [0.717, 1.165) is 12.8 Å². The molecular weight excluding hydrogens is 371 g/mol. The Morgan fingerprint density at radius 1 is 1.20 bits per heavy atom. The second kappa shape index (κ2) is 7.11. The van der Waals surface area contributed by atoms with E-state index in [1.807, 2.05) is 30.3 Å². The first-order valence-corrected chi connectivity index (χ1v) is 7.97. The van der Waals surface area contributed by atoms with E-state index in [0.29, 0.717) is 0 Å². The van der Waals surface area contributed by atoms with Crippen molar-refractivity contribution in [2.75, 3.05) is 6.61 Å². The van der Waals surface area contributed by atoms with Crippen molar-refractivity contribution >= 4 is 17.6 Å². The monoisotopic (exact) mass is 383 g/mol. The predicted molar refractivity (Wildman–Crippen MR) is 72.2 cm³/mol. The van der Waals surface area contributed by atoms with E-state index in [1.165, 1.54) is 12.3 Å². The maximum absolute atomic E-state index is 10.8. The second-order valence-corrected chi connectivity index (χ2v) is 6.84. The molecule has 0 unspecified atom stereocenters. The summed E-state index contributed by atoms with van der Waals surface area (Å²) < 4.78 is 2.11. The Hall–Kier alpha value is -1.80. The van der Waals surface area contributed by atoms with Gasteiger partial charge in [-0.2, -0.15) is 0 Å². The van der Waals surface area contributed by atoms with Crippen LogP contribution in [-0.2, 0) is 0 Å². The van der Waals surface area contributed by atoms with Crippen LogP contribution in [0.25, 0.3) is 0 Å². The first kappa shape index (κ1) is 14.6. The average Bonchev–Trinajstić information content (AvgIpc) is 2.46. The molecule has 0 aromatic heterocycles. The summed E-state index contributed by atoms with van der Waals surface area (Å²) in [4.78, 5) is 14.5. The first-order valence-electron chi connectivity index (χ1n) is 5.82. The molecule has 0 heterocycles. The first-order chi connectivity index (χ1) is 9.69. The topological polar surface area (TPSA) is 75.7 Å². The fraction of sp³-hybridized carbons (Fsp3) is 0.0714. The zero-order chi connectivity index (χ0) is 14.4. The lowest BCUT2D eigenvalue weighted by molar-refractivity contribution is -0.597. The van der Waals surface area contributed by atoms with Gasteiger partial charge in [-0.15, -0.1) is 0 Å². The van der Waals surface area contributed by atoms with Gasteiger partial charge in [-0.1, -0.05) is 12.1 Å².